The van der Waals surface area contributed by atoms with Crippen LogP contribution in [0.5, 0.6) is 23.0 Å². The van der Waals surface area contributed by atoms with Gasteiger partial charge in [-0.1, -0.05) is 19.1 Å². The van der Waals surface area contributed by atoms with Gasteiger partial charge in [0.2, 0.25) is 11.5 Å². The summed E-state index contributed by atoms with van der Waals surface area (Å²) in [6.07, 6.45) is -0.0643. The number of aliphatic hydroxyl groups is 1. The first-order valence-electron chi connectivity index (χ1n) is 13.9. The molecule has 1 aliphatic heterocycles. The molecule has 0 bridgehead atoms. The zero-order valence-electron chi connectivity index (χ0n) is 24.9. The molecule has 4 N–H and O–H groups in total. The Hall–Kier alpha value is -3.85. The van der Waals surface area contributed by atoms with Gasteiger partial charge in [-0.25, -0.2) is 0 Å². The lowest BCUT2D eigenvalue weighted by Crippen LogP contribution is -2.43. The number of nitrogens with one attached hydrogen (secondary N) is 3. The second kappa shape index (κ2) is 17.3. The minimum Gasteiger partial charge on any atom is -0.492 e. The van der Waals surface area contributed by atoms with Crippen molar-refractivity contribution in [1.82, 2.24) is 15.8 Å². The lowest BCUT2D eigenvalue weighted by molar-refractivity contribution is -0.146. The highest BCUT2D eigenvalue weighted by Crippen LogP contribution is 2.47. The third-order valence-corrected chi connectivity index (χ3v) is 6.61. The van der Waals surface area contributed by atoms with Crippen LogP contribution in [0.3, 0.4) is 0 Å². The minimum absolute atomic E-state index is 0.0255. The number of thiocarbonyl (C=S) groups is 1. The number of methoxy groups -OCH3 is 3. The first kappa shape index (κ1) is 33.6. The number of carbonyl (C=O) groups is 2. The summed E-state index contributed by atoms with van der Waals surface area (Å²) in [5.41, 5.74) is 7.15. The van der Waals surface area contributed by atoms with Crippen LogP contribution in [0.25, 0.3) is 0 Å². The van der Waals surface area contributed by atoms with Crippen LogP contribution >= 0.6 is 12.2 Å². The molecular formula is C29H40N4O9S. The molecule has 1 aliphatic rings. The number of carbonyl (C=O) groups excluding carboxylic acids is 2. The number of hydrazine groups is 1. The summed E-state index contributed by atoms with van der Waals surface area (Å²) in [6, 6.07) is 9.21. The maximum atomic E-state index is 13.3. The van der Waals surface area contributed by atoms with Crippen LogP contribution in [0.1, 0.15) is 35.7 Å². The zero-order valence-corrected chi connectivity index (χ0v) is 25.7. The minimum atomic E-state index is -0.932. The standard InChI is InChI=1S/C29H40N4O9S/c1-5-6-24(35)41-18-21(17-34)42-23-15-22(25(37-2)27(39-4)26(23)38-3)28(36)31-32-29(43)30-20-9-7-19(8-10-20)16-33-11-13-40-14-12-33/h7-10,15,21,34H,5-6,11-14,16-18H2,1-4H3,(H,31,36)(H2,30,32,43). The van der Waals surface area contributed by atoms with Crippen molar-refractivity contribution in [2.45, 2.75) is 32.4 Å². The van der Waals surface area contributed by atoms with E-state index in [0.717, 1.165) is 38.5 Å². The second-order valence-corrected chi connectivity index (χ2v) is 9.90. The van der Waals surface area contributed by atoms with Crippen molar-refractivity contribution in [2.75, 3.05) is 66.2 Å². The number of morpholine rings is 1. The molecule has 0 saturated carbocycles. The molecule has 0 aromatic heterocycles. The molecule has 2 aromatic rings. The van der Waals surface area contributed by atoms with Crippen LogP contribution in [-0.2, 0) is 20.8 Å². The molecule has 1 fully saturated rings. The van der Waals surface area contributed by atoms with Gasteiger partial charge < -0.3 is 38.8 Å². The molecule has 3 rings (SSSR count). The average Bonchev–Trinajstić information content (AvgIpc) is 3.02. The summed E-state index contributed by atoms with van der Waals surface area (Å²) in [4.78, 5) is 27.4. The largest absolute Gasteiger partial charge is 0.492 e. The van der Waals surface area contributed by atoms with Gasteiger partial charge in [0.25, 0.3) is 5.91 Å². The van der Waals surface area contributed by atoms with Crippen LogP contribution in [0.4, 0.5) is 5.69 Å². The van der Waals surface area contributed by atoms with Crippen molar-refractivity contribution in [3.05, 3.63) is 41.5 Å². The molecule has 1 amide bonds. The molecule has 13 nitrogen and oxygen atoms in total. The Morgan fingerprint density at radius 3 is 2.30 bits per heavy atom. The van der Waals surface area contributed by atoms with Gasteiger partial charge in [0, 0.05) is 37.8 Å². The monoisotopic (exact) mass is 620 g/mol. The van der Waals surface area contributed by atoms with Gasteiger partial charge in [-0.3, -0.25) is 25.3 Å². The van der Waals surface area contributed by atoms with Crippen LogP contribution < -0.4 is 35.1 Å². The predicted octanol–water partition coefficient (Wildman–Crippen LogP) is 2.26. The number of anilines is 1. The summed E-state index contributed by atoms with van der Waals surface area (Å²) >= 11 is 5.36. The van der Waals surface area contributed by atoms with Crippen molar-refractivity contribution in [2.24, 2.45) is 0 Å². The number of aliphatic hydroxyl groups excluding tert-OH is 1. The lowest BCUT2D eigenvalue weighted by atomic mass is 10.1. The number of ether oxygens (including phenoxy) is 6. The molecule has 1 atom stereocenters. The Morgan fingerprint density at radius 1 is 1.02 bits per heavy atom. The SMILES string of the molecule is CCCC(=O)OCC(CO)Oc1cc(C(=O)NNC(=S)Nc2ccc(CN3CCOCC3)cc2)c(OC)c(OC)c1OC. The smallest absolute Gasteiger partial charge is 0.305 e. The quantitative estimate of drug-likeness (QED) is 0.139. The molecule has 0 aliphatic carbocycles. The van der Waals surface area contributed by atoms with E-state index in [2.05, 4.69) is 21.1 Å². The van der Waals surface area contributed by atoms with E-state index >= 15 is 0 Å². The van der Waals surface area contributed by atoms with Crippen LogP contribution in [0.15, 0.2) is 30.3 Å². The van der Waals surface area contributed by atoms with E-state index in [1.54, 1.807) is 0 Å². The fourth-order valence-electron chi connectivity index (χ4n) is 4.26. The van der Waals surface area contributed by atoms with Gasteiger partial charge >= 0.3 is 5.97 Å². The highest BCUT2D eigenvalue weighted by molar-refractivity contribution is 7.80. The van der Waals surface area contributed by atoms with E-state index in [9.17, 15) is 14.7 Å². The fraction of sp³-hybridized carbons (Fsp3) is 0.483. The van der Waals surface area contributed by atoms with E-state index in [-0.39, 0.29) is 46.7 Å². The number of nitrogens with zero attached hydrogens (tertiary/aromatic N) is 1. The number of esters is 1. The normalized spacial score (nSPS) is 13.8. The summed E-state index contributed by atoms with van der Waals surface area (Å²) in [7, 11) is 4.14. The predicted molar refractivity (Wildman–Crippen MR) is 163 cm³/mol. The summed E-state index contributed by atoms with van der Waals surface area (Å²) < 4.78 is 32.9. The zero-order chi connectivity index (χ0) is 31.2. The van der Waals surface area contributed by atoms with Gasteiger partial charge in [0.05, 0.1) is 46.7 Å². The van der Waals surface area contributed by atoms with Crippen molar-refractivity contribution in [3.63, 3.8) is 0 Å². The molecule has 1 unspecified atom stereocenters. The van der Waals surface area contributed by atoms with Crippen LogP contribution in [-0.4, -0.2) is 93.9 Å². The van der Waals surface area contributed by atoms with Crippen molar-refractivity contribution in [1.29, 1.82) is 0 Å². The summed E-state index contributed by atoms with van der Waals surface area (Å²) in [5.74, 6) is -0.683. The number of hydrogen-bond donors (Lipinski definition) is 4. The first-order chi connectivity index (χ1) is 20.8. The van der Waals surface area contributed by atoms with E-state index < -0.39 is 24.6 Å². The molecule has 1 heterocycles. The fourth-order valence-corrected chi connectivity index (χ4v) is 4.43. The Labute approximate surface area is 256 Å². The number of rotatable bonds is 14. The van der Waals surface area contributed by atoms with Gasteiger partial charge in [0.15, 0.2) is 22.7 Å². The molecule has 2 aromatic carbocycles. The third-order valence-electron chi connectivity index (χ3n) is 6.41. The Morgan fingerprint density at radius 2 is 1.70 bits per heavy atom. The Balaban J connectivity index is 1.67. The number of hydrogen-bond acceptors (Lipinski definition) is 11. The van der Waals surface area contributed by atoms with Crippen molar-refractivity contribution in [3.8, 4) is 23.0 Å². The average molecular weight is 621 g/mol. The molecule has 0 spiro atoms. The summed E-state index contributed by atoms with van der Waals surface area (Å²) in [5, 5.41) is 13.0. The number of amides is 1. The first-order valence-corrected chi connectivity index (χ1v) is 14.3. The highest BCUT2D eigenvalue weighted by atomic mass is 32.1. The van der Waals surface area contributed by atoms with Crippen LogP contribution in [0.2, 0.25) is 0 Å². The number of benzene rings is 2. The van der Waals surface area contributed by atoms with E-state index in [1.165, 1.54) is 33.0 Å². The molecular weight excluding hydrogens is 580 g/mol. The topological polar surface area (TPSA) is 149 Å². The third kappa shape index (κ3) is 9.85. The van der Waals surface area contributed by atoms with E-state index in [4.69, 9.17) is 40.6 Å². The van der Waals surface area contributed by atoms with Crippen molar-refractivity contribution >= 4 is 34.9 Å². The lowest BCUT2D eigenvalue weighted by Gasteiger charge is -2.26. The molecule has 1 saturated heterocycles. The Bertz CT molecular complexity index is 1220. The maximum absolute atomic E-state index is 13.3. The molecule has 14 heteroatoms. The van der Waals surface area contributed by atoms with Crippen molar-refractivity contribution < 1.29 is 43.1 Å². The highest BCUT2D eigenvalue weighted by Gasteiger charge is 2.27. The summed E-state index contributed by atoms with van der Waals surface area (Å²) in [6.45, 7) is 5.32. The maximum Gasteiger partial charge on any atom is 0.305 e. The van der Waals surface area contributed by atoms with Crippen LogP contribution in [0, 0.1) is 0 Å². The molecule has 0 radical (unpaired) electrons. The van der Waals surface area contributed by atoms with Gasteiger partial charge in [-0.2, -0.15) is 0 Å². The van der Waals surface area contributed by atoms with E-state index in [0.29, 0.717) is 6.42 Å². The molecule has 236 valence electrons. The second-order valence-electron chi connectivity index (χ2n) is 9.50. The van der Waals surface area contributed by atoms with E-state index in [1.807, 2.05) is 31.2 Å². The van der Waals surface area contributed by atoms with Gasteiger partial charge in [0.1, 0.15) is 6.61 Å². The van der Waals surface area contributed by atoms with Gasteiger partial charge in [-0.05, 0) is 36.3 Å². The van der Waals surface area contributed by atoms with Gasteiger partial charge in [-0.15, -0.1) is 0 Å². The molecule has 43 heavy (non-hydrogen) atoms. The Kier molecular flexibility index (Phi) is 13.5.